The van der Waals surface area contributed by atoms with E-state index in [4.69, 9.17) is 11.0 Å². The number of nitriles is 1. The van der Waals surface area contributed by atoms with E-state index < -0.39 is 5.91 Å². The monoisotopic (exact) mass is 214 g/mol. The number of carbonyl (C=O) groups is 1. The molecule has 0 saturated carbocycles. The first kappa shape index (κ1) is 12.0. The fourth-order valence-electron chi connectivity index (χ4n) is 1.30. The number of hydrogen-bond acceptors (Lipinski definition) is 2. The summed E-state index contributed by atoms with van der Waals surface area (Å²) in [5.74, 6) is -0.236. The predicted molar refractivity (Wildman–Crippen MR) is 63.3 cm³/mol. The van der Waals surface area contributed by atoms with Crippen LogP contribution in [0.15, 0.2) is 29.8 Å². The van der Waals surface area contributed by atoms with Gasteiger partial charge in [-0.15, -0.1) is 0 Å². The van der Waals surface area contributed by atoms with Crippen LogP contribution in [0.25, 0.3) is 6.08 Å². The number of nitrogens with zero attached hydrogens (tertiary/aromatic N) is 1. The molecule has 0 radical (unpaired) electrons. The van der Waals surface area contributed by atoms with Crippen LogP contribution in [-0.2, 0) is 4.79 Å². The summed E-state index contributed by atoms with van der Waals surface area (Å²) in [6.45, 7) is 4.21. The maximum Gasteiger partial charge on any atom is 0.259 e. The number of hydrogen-bond donors (Lipinski definition) is 1. The Bertz CT molecular complexity index is 450. The molecule has 1 aromatic carbocycles. The summed E-state index contributed by atoms with van der Waals surface area (Å²) in [6.07, 6.45) is 1.49. The van der Waals surface area contributed by atoms with E-state index in [1.54, 1.807) is 6.07 Å². The molecule has 1 rings (SSSR count). The van der Waals surface area contributed by atoms with Crippen LogP contribution in [0, 0.1) is 11.3 Å². The lowest BCUT2D eigenvalue weighted by Gasteiger charge is -2.04. The van der Waals surface area contributed by atoms with E-state index in [2.05, 4.69) is 13.8 Å². The van der Waals surface area contributed by atoms with Crippen LogP contribution in [0.2, 0.25) is 0 Å². The maximum absolute atomic E-state index is 10.8. The summed E-state index contributed by atoms with van der Waals surface area (Å²) >= 11 is 0. The Hall–Kier alpha value is -2.08. The molecule has 82 valence electrons. The lowest BCUT2D eigenvalue weighted by Crippen LogP contribution is -2.12. The molecule has 0 aliphatic carbocycles. The molecular formula is C13H14N2O. The average molecular weight is 214 g/mol. The van der Waals surface area contributed by atoms with Crippen molar-refractivity contribution in [1.29, 1.82) is 5.26 Å². The molecular weight excluding hydrogens is 200 g/mol. The molecule has 16 heavy (non-hydrogen) atoms. The van der Waals surface area contributed by atoms with E-state index in [0.717, 1.165) is 5.56 Å². The van der Waals surface area contributed by atoms with Gasteiger partial charge in [0.2, 0.25) is 0 Å². The third kappa shape index (κ3) is 2.96. The Morgan fingerprint density at radius 2 is 1.94 bits per heavy atom. The zero-order chi connectivity index (χ0) is 12.1. The lowest BCUT2D eigenvalue weighted by molar-refractivity contribution is -0.114. The van der Waals surface area contributed by atoms with Gasteiger partial charge in [0.05, 0.1) is 0 Å². The molecule has 3 nitrogen and oxygen atoms in total. The van der Waals surface area contributed by atoms with Crippen molar-refractivity contribution in [3.63, 3.8) is 0 Å². The van der Waals surface area contributed by atoms with Crippen LogP contribution in [0.3, 0.4) is 0 Å². The maximum atomic E-state index is 10.8. The number of benzene rings is 1. The third-order valence-corrected chi connectivity index (χ3v) is 2.30. The SMILES string of the molecule is CC(C)c1ccc(/C=C(\C#N)C(N)=O)cc1. The van der Waals surface area contributed by atoms with Gasteiger partial charge in [-0.05, 0) is 23.1 Å². The third-order valence-electron chi connectivity index (χ3n) is 2.30. The number of primary amides is 1. The van der Waals surface area contributed by atoms with E-state index in [-0.39, 0.29) is 5.57 Å². The highest BCUT2D eigenvalue weighted by Gasteiger charge is 2.03. The molecule has 1 aromatic rings. The topological polar surface area (TPSA) is 66.9 Å². The highest BCUT2D eigenvalue weighted by Crippen LogP contribution is 2.16. The van der Waals surface area contributed by atoms with Crippen molar-refractivity contribution in [1.82, 2.24) is 0 Å². The number of rotatable bonds is 3. The first-order chi connectivity index (χ1) is 7.54. The van der Waals surface area contributed by atoms with Crippen LogP contribution in [0.5, 0.6) is 0 Å². The normalized spacial score (nSPS) is 11.2. The van der Waals surface area contributed by atoms with Crippen molar-refractivity contribution in [2.24, 2.45) is 5.73 Å². The summed E-state index contributed by atoms with van der Waals surface area (Å²) in [7, 11) is 0. The quantitative estimate of drug-likeness (QED) is 0.619. The first-order valence-corrected chi connectivity index (χ1v) is 5.06. The Labute approximate surface area is 95.2 Å². The zero-order valence-corrected chi connectivity index (χ0v) is 9.40. The molecule has 0 aliphatic rings. The van der Waals surface area contributed by atoms with Crippen molar-refractivity contribution in [3.8, 4) is 6.07 Å². The fourth-order valence-corrected chi connectivity index (χ4v) is 1.30. The molecule has 2 N–H and O–H groups in total. The molecule has 0 unspecified atom stereocenters. The summed E-state index contributed by atoms with van der Waals surface area (Å²) in [5.41, 5.74) is 7.04. The van der Waals surface area contributed by atoms with Gasteiger partial charge in [0, 0.05) is 0 Å². The Balaban J connectivity index is 3.00. The van der Waals surface area contributed by atoms with Crippen LogP contribution < -0.4 is 5.73 Å². The largest absolute Gasteiger partial charge is 0.365 e. The van der Waals surface area contributed by atoms with Gasteiger partial charge < -0.3 is 5.73 Å². The van der Waals surface area contributed by atoms with Crippen molar-refractivity contribution >= 4 is 12.0 Å². The molecule has 0 fully saturated rings. The van der Waals surface area contributed by atoms with E-state index >= 15 is 0 Å². The zero-order valence-electron chi connectivity index (χ0n) is 9.40. The standard InChI is InChI=1S/C13H14N2O/c1-9(2)11-5-3-10(4-6-11)7-12(8-14)13(15)16/h3-7,9H,1-2H3,(H2,15,16)/b12-7+. The molecule has 0 bridgehead atoms. The number of carbonyl (C=O) groups excluding carboxylic acids is 1. The highest BCUT2D eigenvalue weighted by molar-refractivity contribution is 6.00. The van der Waals surface area contributed by atoms with E-state index in [1.165, 1.54) is 11.6 Å². The number of nitrogens with two attached hydrogens (primary N) is 1. The fraction of sp³-hybridized carbons (Fsp3) is 0.231. The first-order valence-electron chi connectivity index (χ1n) is 5.06. The van der Waals surface area contributed by atoms with Crippen LogP contribution >= 0.6 is 0 Å². The van der Waals surface area contributed by atoms with E-state index in [0.29, 0.717) is 5.92 Å². The Kier molecular flexibility index (Phi) is 3.84. The van der Waals surface area contributed by atoms with Crippen molar-refractivity contribution in [2.45, 2.75) is 19.8 Å². The molecule has 0 aromatic heterocycles. The van der Waals surface area contributed by atoms with E-state index in [1.807, 2.05) is 24.3 Å². The number of amides is 1. The van der Waals surface area contributed by atoms with Gasteiger partial charge in [-0.25, -0.2) is 0 Å². The van der Waals surface area contributed by atoms with Crippen molar-refractivity contribution in [2.75, 3.05) is 0 Å². The van der Waals surface area contributed by atoms with Gasteiger partial charge in [0.25, 0.3) is 5.91 Å². The smallest absolute Gasteiger partial charge is 0.259 e. The molecule has 0 saturated heterocycles. The van der Waals surface area contributed by atoms with Crippen LogP contribution in [0.1, 0.15) is 30.9 Å². The highest BCUT2D eigenvalue weighted by atomic mass is 16.1. The van der Waals surface area contributed by atoms with Crippen molar-refractivity contribution in [3.05, 3.63) is 41.0 Å². The molecule has 0 heterocycles. The van der Waals surface area contributed by atoms with E-state index in [9.17, 15) is 4.79 Å². The summed E-state index contributed by atoms with van der Waals surface area (Å²) < 4.78 is 0. The van der Waals surface area contributed by atoms with Gasteiger partial charge in [-0.1, -0.05) is 38.1 Å². The van der Waals surface area contributed by atoms with Crippen LogP contribution in [-0.4, -0.2) is 5.91 Å². The molecule has 1 amide bonds. The summed E-state index contributed by atoms with van der Waals surface area (Å²) in [5, 5.41) is 8.68. The van der Waals surface area contributed by atoms with Gasteiger partial charge in [0.15, 0.2) is 0 Å². The lowest BCUT2D eigenvalue weighted by atomic mass is 10.0. The van der Waals surface area contributed by atoms with Gasteiger partial charge >= 0.3 is 0 Å². The minimum atomic E-state index is -0.699. The molecule has 0 atom stereocenters. The van der Waals surface area contributed by atoms with Gasteiger partial charge in [0.1, 0.15) is 11.6 Å². The minimum absolute atomic E-state index is 0.0303. The van der Waals surface area contributed by atoms with Gasteiger partial charge in [-0.3, -0.25) is 4.79 Å². The Morgan fingerprint density at radius 1 is 1.38 bits per heavy atom. The molecule has 0 aliphatic heterocycles. The molecule has 0 spiro atoms. The van der Waals surface area contributed by atoms with Gasteiger partial charge in [-0.2, -0.15) is 5.26 Å². The van der Waals surface area contributed by atoms with Crippen molar-refractivity contribution < 1.29 is 4.79 Å². The minimum Gasteiger partial charge on any atom is -0.365 e. The summed E-state index contributed by atoms with van der Waals surface area (Å²) in [4.78, 5) is 10.8. The second-order valence-corrected chi connectivity index (χ2v) is 3.86. The summed E-state index contributed by atoms with van der Waals surface area (Å²) in [6, 6.07) is 9.47. The predicted octanol–water partition coefficient (Wildman–Crippen LogP) is 2.20. The van der Waals surface area contributed by atoms with Crippen LogP contribution in [0.4, 0.5) is 0 Å². The Morgan fingerprint density at radius 3 is 2.31 bits per heavy atom. The second-order valence-electron chi connectivity index (χ2n) is 3.86. The molecule has 3 heteroatoms. The second kappa shape index (κ2) is 5.13. The average Bonchev–Trinajstić information content (AvgIpc) is 2.26.